The molecule has 0 saturated heterocycles. The van der Waals surface area contributed by atoms with Crippen molar-refractivity contribution in [2.45, 2.75) is 116 Å². The van der Waals surface area contributed by atoms with Crippen LogP contribution in [0.15, 0.2) is 0 Å². The van der Waals surface area contributed by atoms with Crippen LogP contribution in [0.25, 0.3) is 0 Å². The smallest absolute Gasteiger partial charge is 0.313 e. The Labute approximate surface area is 194 Å². The summed E-state index contributed by atoms with van der Waals surface area (Å²) in [5.74, 6) is 0.219. The molecule has 184 valence electrons. The zero-order chi connectivity index (χ0) is 23.5. The number of fused-ring (bicyclic) bond motifs is 5. The van der Waals surface area contributed by atoms with Crippen LogP contribution in [0.2, 0.25) is 0 Å². The van der Waals surface area contributed by atoms with Crippen LogP contribution < -0.4 is 0 Å². The van der Waals surface area contributed by atoms with Crippen molar-refractivity contribution in [3.05, 3.63) is 0 Å². The maximum absolute atomic E-state index is 12.4. The maximum atomic E-state index is 12.4. The van der Waals surface area contributed by atoms with Crippen LogP contribution in [0.3, 0.4) is 0 Å². The average molecular weight is 451 g/mol. The molecule has 4 rings (SSSR count). The molecule has 4 N–H and O–H groups in total. The zero-order valence-electron chi connectivity index (χ0n) is 20.6. The molecule has 4 aliphatic rings. The van der Waals surface area contributed by atoms with Gasteiger partial charge in [-0.2, -0.15) is 0 Å². The van der Waals surface area contributed by atoms with Crippen LogP contribution in [0.5, 0.6) is 0 Å². The third kappa shape index (κ3) is 3.79. The van der Waals surface area contributed by atoms with Gasteiger partial charge in [0.15, 0.2) is 5.78 Å². The van der Waals surface area contributed by atoms with Gasteiger partial charge in [-0.25, -0.2) is 0 Å². The molecule has 0 aromatic heterocycles. The number of hydrogen-bond donors (Lipinski definition) is 4. The van der Waals surface area contributed by atoms with Crippen molar-refractivity contribution < 1.29 is 25.2 Å². The van der Waals surface area contributed by atoms with E-state index in [1.807, 2.05) is 0 Å². The van der Waals surface area contributed by atoms with Crippen LogP contribution >= 0.6 is 0 Å². The van der Waals surface area contributed by atoms with Crippen LogP contribution in [0.4, 0.5) is 0 Å². The van der Waals surface area contributed by atoms with Gasteiger partial charge in [-0.3, -0.25) is 4.79 Å². The second kappa shape index (κ2) is 8.32. The Kier molecular flexibility index (Phi) is 6.40. The molecular formula is C27H46O5. The number of Topliss-reactive ketones (excluding diaryl/α,β-unsaturated/α-hetero) is 1. The Hall–Kier alpha value is -0.490. The normalized spacial score (nSPS) is 44.7. The summed E-state index contributed by atoms with van der Waals surface area (Å²) in [5, 5.41) is 38.1. The second-order valence-electron chi connectivity index (χ2n) is 12.8. The fourth-order valence-electron chi connectivity index (χ4n) is 9.26. The molecule has 0 amide bonds. The predicted molar refractivity (Wildman–Crippen MR) is 123 cm³/mol. The molecule has 0 radical (unpaired) electrons. The molecule has 2 unspecified atom stereocenters. The topological polar surface area (TPSA) is 98.0 Å². The van der Waals surface area contributed by atoms with Crippen LogP contribution in [0, 0.1) is 46.3 Å². The predicted octanol–water partition coefficient (Wildman–Crippen LogP) is 4.40. The Morgan fingerprint density at radius 3 is 2.28 bits per heavy atom. The van der Waals surface area contributed by atoms with Gasteiger partial charge in [0.2, 0.25) is 5.60 Å². The summed E-state index contributed by atoms with van der Waals surface area (Å²) in [7, 11) is 0. The van der Waals surface area contributed by atoms with E-state index in [1.165, 1.54) is 64.2 Å². The largest absolute Gasteiger partial charge is 0.375 e. The molecular weight excluding hydrogens is 404 g/mol. The average Bonchev–Trinajstić information content (AvgIpc) is 3.07. The Morgan fingerprint density at radius 1 is 0.906 bits per heavy atom. The first-order valence-corrected chi connectivity index (χ1v) is 13.2. The van der Waals surface area contributed by atoms with Crippen molar-refractivity contribution in [3.63, 3.8) is 0 Å². The van der Waals surface area contributed by atoms with Crippen molar-refractivity contribution in [1.82, 2.24) is 0 Å². The Balaban J connectivity index is 1.43. The van der Waals surface area contributed by atoms with Gasteiger partial charge in [0.05, 0.1) is 0 Å². The first-order valence-electron chi connectivity index (χ1n) is 13.2. The number of aliphatic hydroxyl groups is 4. The lowest BCUT2D eigenvalue weighted by Crippen LogP contribution is -2.57. The van der Waals surface area contributed by atoms with E-state index in [1.54, 1.807) is 0 Å². The van der Waals surface area contributed by atoms with E-state index < -0.39 is 17.4 Å². The van der Waals surface area contributed by atoms with Crippen LogP contribution in [-0.2, 0) is 4.79 Å². The summed E-state index contributed by atoms with van der Waals surface area (Å²) in [6.45, 7) is 8.31. The Bertz CT molecular complexity index is 711. The van der Waals surface area contributed by atoms with Crippen molar-refractivity contribution >= 4 is 5.78 Å². The van der Waals surface area contributed by atoms with Crippen LogP contribution in [-0.4, -0.2) is 37.8 Å². The highest BCUT2D eigenvalue weighted by Gasteiger charge is 2.60. The third-order valence-electron chi connectivity index (χ3n) is 11.4. The van der Waals surface area contributed by atoms with E-state index in [9.17, 15) is 25.2 Å². The van der Waals surface area contributed by atoms with E-state index in [0.717, 1.165) is 30.6 Å². The number of hydrogen-bond acceptors (Lipinski definition) is 5. The number of carbonyl (C=O) groups is 1. The standard InChI is InChI=1S/C27H46O5/c1-17(8-13-23(28)26(4,29)27(30,31)32)20-11-12-21-19-10-9-18-7-5-6-15-24(18,2)22(19)14-16-25(20,21)3/h17-22,29-32H,5-16H2,1-4H3/t17-,18?,19+,20-,21+,22+,24+,25-,26?/m1/s1. The minimum absolute atomic E-state index is 0.0423. The quantitative estimate of drug-likeness (QED) is 0.450. The highest BCUT2D eigenvalue weighted by molar-refractivity contribution is 5.87. The molecule has 0 aliphatic heterocycles. The van der Waals surface area contributed by atoms with E-state index in [2.05, 4.69) is 20.8 Å². The summed E-state index contributed by atoms with van der Waals surface area (Å²) in [6, 6.07) is 0. The molecule has 5 heteroatoms. The fraction of sp³-hybridized carbons (Fsp3) is 0.963. The summed E-state index contributed by atoms with van der Waals surface area (Å²) >= 11 is 0. The highest BCUT2D eigenvalue weighted by Crippen LogP contribution is 2.68. The van der Waals surface area contributed by atoms with E-state index in [4.69, 9.17) is 0 Å². The van der Waals surface area contributed by atoms with Gasteiger partial charge in [-0.15, -0.1) is 0 Å². The van der Waals surface area contributed by atoms with Gasteiger partial charge in [0.25, 0.3) is 0 Å². The van der Waals surface area contributed by atoms with E-state index in [0.29, 0.717) is 29.1 Å². The SMILES string of the molecule is C[C@H](CCC(=O)C(C)(O)C(O)(O)O)[C@H]1CC[C@H]2[C@@H]3CCC4CCCC[C@]4(C)[C@H]3CC[C@]12C. The first-order chi connectivity index (χ1) is 14.8. The molecule has 4 saturated carbocycles. The molecule has 5 nitrogen and oxygen atoms in total. The lowest BCUT2D eigenvalue weighted by atomic mass is 9.44. The van der Waals surface area contributed by atoms with E-state index >= 15 is 0 Å². The minimum Gasteiger partial charge on any atom is -0.375 e. The molecule has 0 heterocycles. The molecule has 0 aromatic carbocycles. The summed E-state index contributed by atoms with van der Waals surface area (Å²) in [4.78, 5) is 12.4. The van der Waals surface area contributed by atoms with Gasteiger partial charge in [-0.1, -0.05) is 33.6 Å². The van der Waals surface area contributed by atoms with Gasteiger partial charge < -0.3 is 20.4 Å². The molecule has 4 aliphatic carbocycles. The molecule has 0 spiro atoms. The molecule has 0 aromatic rings. The fourth-order valence-corrected chi connectivity index (χ4v) is 9.26. The van der Waals surface area contributed by atoms with E-state index in [-0.39, 0.29) is 6.42 Å². The molecule has 4 fully saturated rings. The zero-order valence-corrected chi connectivity index (χ0v) is 20.6. The third-order valence-corrected chi connectivity index (χ3v) is 11.4. The summed E-state index contributed by atoms with van der Waals surface area (Å²) < 4.78 is 0. The van der Waals surface area contributed by atoms with Crippen molar-refractivity contribution in [2.24, 2.45) is 46.3 Å². The van der Waals surface area contributed by atoms with Gasteiger partial charge in [0, 0.05) is 6.42 Å². The first kappa shape index (κ1) is 24.6. The Morgan fingerprint density at radius 2 is 1.59 bits per heavy atom. The molecule has 0 bridgehead atoms. The molecule has 9 atom stereocenters. The number of ketones is 1. The second-order valence-corrected chi connectivity index (χ2v) is 12.8. The van der Waals surface area contributed by atoms with Crippen molar-refractivity contribution in [3.8, 4) is 0 Å². The minimum atomic E-state index is -3.41. The molecule has 32 heavy (non-hydrogen) atoms. The number of rotatable bonds is 6. The number of carbonyl (C=O) groups excluding carboxylic acids is 1. The lowest BCUT2D eigenvalue weighted by Gasteiger charge is -2.61. The van der Waals surface area contributed by atoms with Crippen molar-refractivity contribution in [2.75, 3.05) is 0 Å². The highest BCUT2D eigenvalue weighted by atomic mass is 16.7. The monoisotopic (exact) mass is 450 g/mol. The summed E-state index contributed by atoms with van der Waals surface area (Å²) in [5.41, 5.74) is -1.70. The maximum Gasteiger partial charge on any atom is 0.313 e. The lowest BCUT2D eigenvalue weighted by molar-refractivity contribution is -0.374. The summed E-state index contributed by atoms with van der Waals surface area (Å²) in [6.07, 6.45) is 14.3. The van der Waals surface area contributed by atoms with Gasteiger partial charge in [-0.05, 0) is 111 Å². The van der Waals surface area contributed by atoms with Gasteiger partial charge in [0.1, 0.15) is 0 Å². The van der Waals surface area contributed by atoms with Crippen LogP contribution in [0.1, 0.15) is 105 Å². The van der Waals surface area contributed by atoms with Crippen molar-refractivity contribution in [1.29, 1.82) is 0 Å². The van der Waals surface area contributed by atoms with Gasteiger partial charge >= 0.3 is 5.97 Å².